The summed E-state index contributed by atoms with van der Waals surface area (Å²) in [5, 5.41) is 2.28. The summed E-state index contributed by atoms with van der Waals surface area (Å²) in [5.41, 5.74) is -0.226. The Bertz CT molecular complexity index is 1110. The molecule has 0 aliphatic carbocycles. The minimum Gasteiger partial charge on any atom is -0.331 e. The molecule has 1 fully saturated rings. The van der Waals surface area contributed by atoms with Gasteiger partial charge in [0.05, 0.1) is 17.0 Å². The van der Waals surface area contributed by atoms with Crippen molar-refractivity contribution in [1.82, 2.24) is 19.0 Å². The average Bonchev–Trinajstić information content (AvgIpc) is 3.34. The number of fused-ring (bicyclic) bond motifs is 1. The molecule has 4 heterocycles. The van der Waals surface area contributed by atoms with E-state index in [2.05, 4.69) is 4.98 Å². The molecule has 26 heavy (non-hydrogen) atoms. The molecule has 1 aliphatic rings. The molecule has 0 aromatic carbocycles. The van der Waals surface area contributed by atoms with E-state index in [1.54, 1.807) is 24.5 Å². The van der Waals surface area contributed by atoms with Crippen LogP contribution < -0.4 is 11.2 Å². The number of rotatable bonds is 2. The molecule has 1 aliphatic heterocycles. The van der Waals surface area contributed by atoms with E-state index in [9.17, 15) is 14.4 Å². The molecule has 1 amide bonds. The van der Waals surface area contributed by atoms with Crippen LogP contribution in [0.3, 0.4) is 0 Å². The minimum atomic E-state index is -0.443. The van der Waals surface area contributed by atoms with Gasteiger partial charge in [-0.25, -0.2) is 9.78 Å². The van der Waals surface area contributed by atoms with Gasteiger partial charge >= 0.3 is 5.69 Å². The lowest BCUT2D eigenvalue weighted by molar-refractivity contribution is 0.0737. The minimum absolute atomic E-state index is 0.0705. The Labute approximate surface area is 153 Å². The molecular formula is C18H18N4O3S. The van der Waals surface area contributed by atoms with Crippen LogP contribution in [0.25, 0.3) is 11.0 Å². The zero-order chi connectivity index (χ0) is 18.4. The summed E-state index contributed by atoms with van der Waals surface area (Å²) >= 11 is 1.65. The van der Waals surface area contributed by atoms with Gasteiger partial charge in [0, 0.05) is 31.7 Å². The summed E-state index contributed by atoms with van der Waals surface area (Å²) in [6.45, 7) is 0.685. The van der Waals surface area contributed by atoms with Crippen molar-refractivity contribution in [1.29, 1.82) is 0 Å². The van der Waals surface area contributed by atoms with Crippen LogP contribution in [0.2, 0.25) is 0 Å². The number of aromatic nitrogens is 3. The van der Waals surface area contributed by atoms with E-state index in [0.717, 1.165) is 17.4 Å². The average molecular weight is 370 g/mol. The Morgan fingerprint density at radius 1 is 1.27 bits per heavy atom. The molecule has 0 spiro atoms. The molecule has 0 bridgehead atoms. The lowest BCUT2D eigenvalue weighted by Gasteiger charge is -2.24. The number of hydrogen-bond donors (Lipinski definition) is 0. The lowest BCUT2D eigenvalue weighted by atomic mass is 10.1. The third-order valence-corrected chi connectivity index (χ3v) is 5.90. The molecule has 0 saturated carbocycles. The summed E-state index contributed by atoms with van der Waals surface area (Å²) in [6.07, 6.45) is 3.34. The number of pyridine rings is 1. The number of likely N-dealkylation sites (tertiary alicyclic amines) is 1. The number of hydrogen-bond acceptors (Lipinski definition) is 5. The predicted octanol–water partition coefficient (Wildman–Crippen LogP) is 1.67. The SMILES string of the molecule is Cn1c(=O)c2cc(C(=O)N3CCCC3c3cccs3)cnc2n(C)c1=O. The smallest absolute Gasteiger partial charge is 0.331 e. The number of thiophene rings is 1. The Morgan fingerprint density at radius 3 is 2.81 bits per heavy atom. The van der Waals surface area contributed by atoms with Gasteiger partial charge in [-0.15, -0.1) is 11.3 Å². The van der Waals surface area contributed by atoms with Crippen molar-refractivity contribution in [2.24, 2.45) is 14.1 Å². The molecule has 3 aromatic rings. The first-order valence-corrected chi connectivity index (χ1v) is 9.27. The molecule has 1 atom stereocenters. The zero-order valence-electron chi connectivity index (χ0n) is 14.5. The maximum absolute atomic E-state index is 13.1. The Hall–Kier alpha value is -2.74. The molecule has 7 nitrogen and oxygen atoms in total. The Morgan fingerprint density at radius 2 is 2.08 bits per heavy atom. The van der Waals surface area contributed by atoms with E-state index in [-0.39, 0.29) is 23.0 Å². The monoisotopic (exact) mass is 370 g/mol. The fourth-order valence-corrected chi connectivity index (χ4v) is 4.41. The van der Waals surface area contributed by atoms with Gasteiger partial charge in [-0.1, -0.05) is 6.07 Å². The van der Waals surface area contributed by atoms with Gasteiger partial charge in [-0.05, 0) is 30.4 Å². The molecule has 3 aromatic heterocycles. The van der Waals surface area contributed by atoms with Gasteiger partial charge in [-0.2, -0.15) is 0 Å². The van der Waals surface area contributed by atoms with Crippen LogP contribution in [-0.2, 0) is 14.1 Å². The first-order valence-electron chi connectivity index (χ1n) is 8.39. The Kier molecular flexibility index (Phi) is 3.99. The second-order valence-corrected chi connectivity index (χ2v) is 7.45. The molecule has 1 saturated heterocycles. The van der Waals surface area contributed by atoms with Crippen molar-refractivity contribution in [2.45, 2.75) is 18.9 Å². The van der Waals surface area contributed by atoms with Gasteiger partial charge in [0.2, 0.25) is 0 Å². The largest absolute Gasteiger partial charge is 0.332 e. The first kappa shape index (κ1) is 16.7. The second-order valence-electron chi connectivity index (χ2n) is 6.47. The van der Waals surface area contributed by atoms with Crippen molar-refractivity contribution >= 4 is 28.3 Å². The van der Waals surface area contributed by atoms with E-state index in [0.29, 0.717) is 12.1 Å². The fraction of sp³-hybridized carbons (Fsp3) is 0.333. The number of carbonyl (C=O) groups is 1. The number of nitrogens with zero attached hydrogens (tertiary/aromatic N) is 4. The van der Waals surface area contributed by atoms with Crippen LogP contribution in [0.1, 0.15) is 34.1 Å². The van der Waals surface area contributed by atoms with Crippen molar-refractivity contribution in [3.05, 3.63) is 61.1 Å². The van der Waals surface area contributed by atoms with E-state index in [1.807, 2.05) is 22.4 Å². The van der Waals surface area contributed by atoms with Crippen molar-refractivity contribution in [2.75, 3.05) is 6.54 Å². The van der Waals surface area contributed by atoms with Crippen molar-refractivity contribution in [3.63, 3.8) is 0 Å². The van der Waals surface area contributed by atoms with Gasteiger partial charge < -0.3 is 4.90 Å². The van der Waals surface area contributed by atoms with Crippen LogP contribution in [-0.4, -0.2) is 31.5 Å². The lowest BCUT2D eigenvalue weighted by Crippen LogP contribution is -2.37. The summed E-state index contributed by atoms with van der Waals surface area (Å²) in [6, 6.07) is 5.66. The summed E-state index contributed by atoms with van der Waals surface area (Å²) in [4.78, 5) is 44.8. The van der Waals surface area contributed by atoms with Gasteiger partial charge in [0.1, 0.15) is 5.65 Å². The summed E-state index contributed by atoms with van der Waals surface area (Å²) < 4.78 is 2.35. The fourth-order valence-electron chi connectivity index (χ4n) is 3.53. The molecular weight excluding hydrogens is 352 g/mol. The van der Waals surface area contributed by atoms with Crippen LogP contribution >= 0.6 is 11.3 Å². The standard InChI is InChI=1S/C18H18N4O3S/c1-20-15-12(17(24)21(2)18(20)25)9-11(10-19-15)16(23)22-7-3-5-13(22)14-6-4-8-26-14/h4,6,8-10,13H,3,5,7H2,1-2H3. The molecule has 1 unspecified atom stereocenters. The summed E-state index contributed by atoms with van der Waals surface area (Å²) in [7, 11) is 2.98. The predicted molar refractivity (Wildman–Crippen MR) is 99.6 cm³/mol. The van der Waals surface area contributed by atoms with E-state index in [1.165, 1.54) is 22.7 Å². The normalized spacial score (nSPS) is 17.2. The maximum Gasteiger partial charge on any atom is 0.332 e. The first-order chi connectivity index (χ1) is 12.5. The summed E-state index contributed by atoms with van der Waals surface area (Å²) in [5.74, 6) is -0.133. The third-order valence-electron chi connectivity index (χ3n) is 4.93. The van der Waals surface area contributed by atoms with E-state index < -0.39 is 11.2 Å². The van der Waals surface area contributed by atoms with Crippen LogP contribution in [0, 0.1) is 0 Å². The highest BCUT2D eigenvalue weighted by Gasteiger charge is 2.31. The van der Waals surface area contributed by atoms with E-state index in [4.69, 9.17) is 0 Å². The Balaban J connectivity index is 1.78. The molecule has 134 valence electrons. The second kappa shape index (κ2) is 6.21. The van der Waals surface area contributed by atoms with Crippen molar-refractivity contribution < 1.29 is 4.79 Å². The molecule has 4 rings (SSSR count). The highest BCUT2D eigenvalue weighted by atomic mass is 32.1. The van der Waals surface area contributed by atoms with E-state index >= 15 is 0 Å². The number of aryl methyl sites for hydroxylation is 1. The van der Waals surface area contributed by atoms with Gasteiger partial charge in [0.15, 0.2) is 0 Å². The zero-order valence-corrected chi connectivity index (χ0v) is 15.3. The topological polar surface area (TPSA) is 77.2 Å². The van der Waals surface area contributed by atoms with Gasteiger partial charge in [0.25, 0.3) is 11.5 Å². The number of amides is 1. The van der Waals surface area contributed by atoms with Crippen LogP contribution in [0.5, 0.6) is 0 Å². The molecule has 8 heteroatoms. The maximum atomic E-state index is 13.1. The van der Waals surface area contributed by atoms with Gasteiger partial charge in [-0.3, -0.25) is 18.7 Å². The van der Waals surface area contributed by atoms with Crippen LogP contribution in [0.4, 0.5) is 0 Å². The number of carbonyl (C=O) groups excluding carboxylic acids is 1. The molecule has 0 N–H and O–H groups in total. The van der Waals surface area contributed by atoms with Crippen LogP contribution in [0.15, 0.2) is 39.4 Å². The highest BCUT2D eigenvalue weighted by molar-refractivity contribution is 7.10. The highest BCUT2D eigenvalue weighted by Crippen LogP contribution is 2.35. The molecule has 0 radical (unpaired) electrons. The van der Waals surface area contributed by atoms with Crippen molar-refractivity contribution in [3.8, 4) is 0 Å². The quantitative estimate of drug-likeness (QED) is 0.688. The third kappa shape index (κ3) is 2.48.